The van der Waals surface area contributed by atoms with Gasteiger partial charge in [0.15, 0.2) is 0 Å². The summed E-state index contributed by atoms with van der Waals surface area (Å²) in [6.07, 6.45) is 6.29. The number of allylic oxidation sites excluding steroid dienone is 1. The molecule has 0 rings (SSSR count). The average molecular weight is 170 g/mol. The van der Waals surface area contributed by atoms with E-state index in [4.69, 9.17) is 5.11 Å². The molecule has 2 unspecified atom stereocenters. The molecule has 70 valence electrons. The highest BCUT2D eigenvalue weighted by atomic mass is 16.3. The Labute approximate surface area is 74.3 Å². The van der Waals surface area contributed by atoms with Gasteiger partial charge in [-0.3, -0.25) is 0 Å². The summed E-state index contributed by atoms with van der Waals surface area (Å²) in [7, 11) is 0. The molecule has 0 heterocycles. The molecular weight excluding hydrogens is 152 g/mol. The van der Waals surface area contributed by atoms with E-state index in [1.54, 1.807) is 6.08 Å². The Morgan fingerprint density at radius 1 is 1.42 bits per heavy atom. The third-order valence-corrected chi connectivity index (χ3v) is 1.74. The van der Waals surface area contributed by atoms with Crippen molar-refractivity contribution in [3.8, 4) is 0 Å². The minimum atomic E-state index is -0.596. The van der Waals surface area contributed by atoms with Crippen molar-refractivity contribution in [2.75, 3.05) is 0 Å². The lowest BCUT2D eigenvalue weighted by Crippen LogP contribution is -2.03. The van der Waals surface area contributed by atoms with Gasteiger partial charge in [-0.15, -0.1) is 0 Å². The van der Waals surface area contributed by atoms with E-state index in [0.29, 0.717) is 5.92 Å². The molecule has 0 saturated carbocycles. The minimum Gasteiger partial charge on any atom is -0.389 e. The zero-order valence-corrected chi connectivity index (χ0v) is 7.86. The molecule has 2 heteroatoms. The summed E-state index contributed by atoms with van der Waals surface area (Å²) in [5.41, 5.74) is 0. The predicted octanol–water partition coefficient (Wildman–Crippen LogP) is 1.93. The topological polar surface area (TPSA) is 37.3 Å². The highest BCUT2D eigenvalue weighted by Crippen LogP contribution is 2.07. The van der Waals surface area contributed by atoms with Gasteiger partial charge >= 0.3 is 0 Å². The fourth-order valence-electron chi connectivity index (χ4n) is 1.05. The Kier molecular flexibility index (Phi) is 6.67. The summed E-state index contributed by atoms with van der Waals surface area (Å²) in [6.45, 7) is 4.24. The van der Waals surface area contributed by atoms with Gasteiger partial charge in [-0.25, -0.2) is 0 Å². The highest BCUT2D eigenvalue weighted by Gasteiger charge is 1.98. The molecule has 0 aliphatic heterocycles. The third-order valence-electron chi connectivity index (χ3n) is 1.74. The predicted molar refractivity (Wildman–Crippen MR) is 49.9 cm³/mol. The fraction of sp³-hybridized carbons (Fsp3) is 0.700. The molecule has 0 aromatic carbocycles. The van der Waals surface area contributed by atoms with Gasteiger partial charge < -0.3 is 9.90 Å². The van der Waals surface area contributed by atoms with Crippen LogP contribution in [-0.2, 0) is 4.79 Å². The number of aliphatic hydroxyl groups is 1. The molecule has 0 amide bonds. The van der Waals surface area contributed by atoms with Gasteiger partial charge in [0, 0.05) is 6.42 Å². The molecule has 0 saturated heterocycles. The molecule has 0 spiro atoms. The van der Waals surface area contributed by atoms with Crippen molar-refractivity contribution in [3.63, 3.8) is 0 Å². The molecule has 0 radical (unpaired) electrons. The Morgan fingerprint density at radius 3 is 2.58 bits per heavy atom. The van der Waals surface area contributed by atoms with Crippen molar-refractivity contribution >= 4 is 6.29 Å². The van der Waals surface area contributed by atoms with Crippen LogP contribution in [0.15, 0.2) is 12.2 Å². The smallest absolute Gasteiger partial charge is 0.122 e. The van der Waals surface area contributed by atoms with Gasteiger partial charge in [0.05, 0.1) is 6.10 Å². The number of carbonyl (C=O) groups is 1. The third kappa shape index (κ3) is 6.10. The zero-order valence-electron chi connectivity index (χ0n) is 7.86. The van der Waals surface area contributed by atoms with Gasteiger partial charge in [0.25, 0.3) is 0 Å². The summed E-state index contributed by atoms with van der Waals surface area (Å²) in [5, 5.41) is 9.15. The van der Waals surface area contributed by atoms with Crippen LogP contribution in [0.3, 0.4) is 0 Å². The summed E-state index contributed by atoms with van der Waals surface area (Å²) in [5.74, 6) is 0.497. The molecule has 2 nitrogen and oxygen atoms in total. The van der Waals surface area contributed by atoms with Crippen molar-refractivity contribution in [1.82, 2.24) is 0 Å². The van der Waals surface area contributed by atoms with Crippen LogP contribution in [-0.4, -0.2) is 17.5 Å². The van der Waals surface area contributed by atoms with Crippen LogP contribution in [0.5, 0.6) is 0 Å². The highest BCUT2D eigenvalue weighted by molar-refractivity contribution is 5.50. The SMILES string of the molecule is CCCC(C)/C=C\C(O)CC=O. The Bertz CT molecular complexity index is 141. The quantitative estimate of drug-likeness (QED) is 0.488. The number of carbonyl (C=O) groups excluding carboxylic acids is 1. The lowest BCUT2D eigenvalue weighted by atomic mass is 10.0. The number of rotatable bonds is 6. The lowest BCUT2D eigenvalue weighted by Gasteiger charge is -2.04. The second-order valence-corrected chi connectivity index (χ2v) is 3.12. The van der Waals surface area contributed by atoms with Crippen molar-refractivity contribution < 1.29 is 9.90 Å². The molecule has 0 aliphatic carbocycles. The van der Waals surface area contributed by atoms with E-state index in [9.17, 15) is 4.79 Å². The monoisotopic (exact) mass is 170 g/mol. The number of aliphatic hydroxyl groups excluding tert-OH is 1. The number of aldehydes is 1. The van der Waals surface area contributed by atoms with Crippen LogP contribution in [0.4, 0.5) is 0 Å². The van der Waals surface area contributed by atoms with Crippen molar-refractivity contribution in [2.45, 2.75) is 39.2 Å². The molecule has 0 bridgehead atoms. The minimum absolute atomic E-state index is 0.204. The van der Waals surface area contributed by atoms with Crippen LogP contribution >= 0.6 is 0 Å². The maximum atomic E-state index is 9.99. The zero-order chi connectivity index (χ0) is 9.40. The molecule has 12 heavy (non-hydrogen) atoms. The van der Waals surface area contributed by atoms with E-state index in [2.05, 4.69) is 13.8 Å². The first-order chi connectivity index (χ1) is 5.70. The van der Waals surface area contributed by atoms with E-state index >= 15 is 0 Å². The average Bonchev–Trinajstić information content (AvgIpc) is 2.02. The molecule has 0 fully saturated rings. The van der Waals surface area contributed by atoms with Crippen molar-refractivity contribution in [3.05, 3.63) is 12.2 Å². The molecular formula is C10H18O2. The molecule has 2 atom stereocenters. The first kappa shape index (κ1) is 11.4. The van der Waals surface area contributed by atoms with Gasteiger partial charge in [-0.05, 0) is 12.3 Å². The van der Waals surface area contributed by atoms with E-state index in [1.807, 2.05) is 6.08 Å². The van der Waals surface area contributed by atoms with Crippen LogP contribution in [0.1, 0.15) is 33.1 Å². The maximum absolute atomic E-state index is 9.99. The normalized spacial score (nSPS) is 16.2. The van der Waals surface area contributed by atoms with Crippen LogP contribution in [0.25, 0.3) is 0 Å². The van der Waals surface area contributed by atoms with Gasteiger partial charge in [0.2, 0.25) is 0 Å². The van der Waals surface area contributed by atoms with E-state index < -0.39 is 6.10 Å². The van der Waals surface area contributed by atoms with E-state index in [0.717, 1.165) is 19.1 Å². The summed E-state index contributed by atoms with van der Waals surface area (Å²) in [6, 6.07) is 0. The molecule has 1 N–H and O–H groups in total. The summed E-state index contributed by atoms with van der Waals surface area (Å²) in [4.78, 5) is 9.99. The number of hydrogen-bond acceptors (Lipinski definition) is 2. The van der Waals surface area contributed by atoms with Crippen LogP contribution < -0.4 is 0 Å². The Hall–Kier alpha value is -0.630. The molecule has 0 aromatic rings. The Morgan fingerprint density at radius 2 is 2.08 bits per heavy atom. The lowest BCUT2D eigenvalue weighted by molar-refractivity contribution is -0.109. The molecule has 0 aromatic heterocycles. The van der Waals surface area contributed by atoms with Crippen LogP contribution in [0.2, 0.25) is 0 Å². The number of hydrogen-bond donors (Lipinski definition) is 1. The fourth-order valence-corrected chi connectivity index (χ4v) is 1.05. The standard InChI is InChI=1S/C10H18O2/c1-3-4-9(2)5-6-10(12)7-8-11/h5-6,8-10,12H,3-4,7H2,1-2H3/b6-5-. The first-order valence-corrected chi connectivity index (χ1v) is 4.50. The summed E-state index contributed by atoms with van der Waals surface area (Å²) >= 11 is 0. The maximum Gasteiger partial charge on any atom is 0.122 e. The second-order valence-electron chi connectivity index (χ2n) is 3.12. The van der Waals surface area contributed by atoms with Crippen molar-refractivity contribution in [1.29, 1.82) is 0 Å². The Balaban J connectivity index is 3.63. The van der Waals surface area contributed by atoms with Gasteiger partial charge in [-0.1, -0.05) is 32.4 Å². The first-order valence-electron chi connectivity index (χ1n) is 4.50. The van der Waals surface area contributed by atoms with Crippen LogP contribution in [0, 0.1) is 5.92 Å². The van der Waals surface area contributed by atoms with Gasteiger partial charge in [-0.2, -0.15) is 0 Å². The van der Waals surface area contributed by atoms with E-state index in [-0.39, 0.29) is 6.42 Å². The van der Waals surface area contributed by atoms with Crippen molar-refractivity contribution in [2.24, 2.45) is 5.92 Å². The largest absolute Gasteiger partial charge is 0.389 e. The molecule has 0 aliphatic rings. The second kappa shape index (κ2) is 7.04. The summed E-state index contributed by atoms with van der Waals surface area (Å²) < 4.78 is 0. The van der Waals surface area contributed by atoms with Gasteiger partial charge in [0.1, 0.15) is 6.29 Å². The van der Waals surface area contributed by atoms with E-state index in [1.165, 1.54) is 0 Å².